The molecule has 0 aliphatic carbocycles. The van der Waals surface area contributed by atoms with Crippen LogP contribution < -0.4 is 5.73 Å². The van der Waals surface area contributed by atoms with Crippen molar-refractivity contribution in [2.75, 3.05) is 0 Å². The van der Waals surface area contributed by atoms with E-state index in [1.165, 1.54) is 5.56 Å². The van der Waals surface area contributed by atoms with E-state index in [0.29, 0.717) is 5.92 Å². The molecule has 0 amide bonds. The second kappa shape index (κ2) is 4.27. The second-order valence-corrected chi connectivity index (χ2v) is 3.32. The first-order valence-corrected chi connectivity index (χ1v) is 4.56. The summed E-state index contributed by atoms with van der Waals surface area (Å²) < 4.78 is 0. The van der Waals surface area contributed by atoms with Gasteiger partial charge in [-0.15, -0.1) is 0 Å². The predicted octanol–water partition coefficient (Wildman–Crippen LogP) is 2.73. The van der Waals surface area contributed by atoms with Gasteiger partial charge in [-0.25, -0.2) is 0 Å². The zero-order valence-corrected chi connectivity index (χ0v) is 7.83. The Morgan fingerprint density at radius 1 is 1.25 bits per heavy atom. The average molecular weight is 163 g/mol. The SMILES string of the molecule is CC[C@@H](C)[C@H](N)c1ccccc1. The molecule has 2 N–H and O–H groups in total. The van der Waals surface area contributed by atoms with E-state index < -0.39 is 0 Å². The molecule has 0 fully saturated rings. The minimum atomic E-state index is 0.191. The highest BCUT2D eigenvalue weighted by Crippen LogP contribution is 2.20. The molecule has 0 radical (unpaired) electrons. The molecule has 2 atom stereocenters. The second-order valence-electron chi connectivity index (χ2n) is 3.32. The molecule has 0 aromatic heterocycles. The largest absolute Gasteiger partial charge is 0.324 e. The van der Waals surface area contributed by atoms with Crippen LogP contribution in [-0.4, -0.2) is 0 Å². The first kappa shape index (κ1) is 9.27. The molecule has 0 heterocycles. The predicted molar refractivity (Wildman–Crippen MR) is 52.8 cm³/mol. The summed E-state index contributed by atoms with van der Waals surface area (Å²) in [6.45, 7) is 4.37. The Balaban J connectivity index is 2.71. The number of hydrogen-bond donors (Lipinski definition) is 1. The Hall–Kier alpha value is -0.820. The van der Waals surface area contributed by atoms with Crippen molar-refractivity contribution < 1.29 is 0 Å². The van der Waals surface area contributed by atoms with Crippen LogP contribution in [0.5, 0.6) is 0 Å². The van der Waals surface area contributed by atoms with Crippen LogP contribution >= 0.6 is 0 Å². The van der Waals surface area contributed by atoms with E-state index in [0.717, 1.165) is 6.42 Å². The molecule has 1 heteroatoms. The first-order valence-electron chi connectivity index (χ1n) is 4.56. The maximum Gasteiger partial charge on any atom is 0.0320 e. The molecule has 1 aromatic carbocycles. The van der Waals surface area contributed by atoms with Gasteiger partial charge in [0.15, 0.2) is 0 Å². The molecule has 1 nitrogen and oxygen atoms in total. The summed E-state index contributed by atoms with van der Waals surface area (Å²) in [6.07, 6.45) is 1.13. The molecule has 1 rings (SSSR count). The zero-order valence-electron chi connectivity index (χ0n) is 7.83. The Morgan fingerprint density at radius 2 is 1.83 bits per heavy atom. The molecule has 0 saturated heterocycles. The quantitative estimate of drug-likeness (QED) is 0.728. The summed E-state index contributed by atoms with van der Waals surface area (Å²) >= 11 is 0. The number of rotatable bonds is 3. The van der Waals surface area contributed by atoms with E-state index in [1.54, 1.807) is 0 Å². The maximum atomic E-state index is 6.05. The number of benzene rings is 1. The van der Waals surface area contributed by atoms with Crippen molar-refractivity contribution in [3.63, 3.8) is 0 Å². The Labute approximate surface area is 74.6 Å². The average Bonchev–Trinajstić information content (AvgIpc) is 2.17. The molecule has 12 heavy (non-hydrogen) atoms. The highest BCUT2D eigenvalue weighted by molar-refractivity contribution is 5.18. The summed E-state index contributed by atoms with van der Waals surface area (Å²) in [5, 5.41) is 0. The van der Waals surface area contributed by atoms with Crippen molar-refractivity contribution in [3.05, 3.63) is 35.9 Å². The van der Waals surface area contributed by atoms with Gasteiger partial charge in [-0.05, 0) is 11.5 Å². The van der Waals surface area contributed by atoms with Crippen molar-refractivity contribution in [2.24, 2.45) is 11.7 Å². The molecular formula is C11H17N. The highest BCUT2D eigenvalue weighted by atomic mass is 14.6. The van der Waals surface area contributed by atoms with Gasteiger partial charge in [-0.3, -0.25) is 0 Å². The molecule has 0 bridgehead atoms. The summed E-state index contributed by atoms with van der Waals surface area (Å²) in [7, 11) is 0. The van der Waals surface area contributed by atoms with Crippen LogP contribution in [0.1, 0.15) is 31.9 Å². The lowest BCUT2D eigenvalue weighted by molar-refractivity contribution is 0.457. The van der Waals surface area contributed by atoms with Crippen LogP contribution in [0.2, 0.25) is 0 Å². The van der Waals surface area contributed by atoms with Crippen LogP contribution in [0.4, 0.5) is 0 Å². The van der Waals surface area contributed by atoms with Gasteiger partial charge in [0.2, 0.25) is 0 Å². The van der Waals surface area contributed by atoms with E-state index >= 15 is 0 Å². The van der Waals surface area contributed by atoms with Gasteiger partial charge >= 0.3 is 0 Å². The summed E-state index contributed by atoms with van der Waals surface area (Å²) in [5.41, 5.74) is 7.29. The lowest BCUT2D eigenvalue weighted by Crippen LogP contribution is -2.18. The Bertz CT molecular complexity index is 218. The smallest absolute Gasteiger partial charge is 0.0320 e. The van der Waals surface area contributed by atoms with Gasteiger partial charge in [0.1, 0.15) is 0 Å². The normalized spacial score (nSPS) is 15.6. The third-order valence-electron chi connectivity index (χ3n) is 2.44. The van der Waals surface area contributed by atoms with Crippen molar-refractivity contribution in [1.82, 2.24) is 0 Å². The zero-order chi connectivity index (χ0) is 8.97. The molecular weight excluding hydrogens is 146 g/mol. The maximum absolute atomic E-state index is 6.05. The molecule has 0 saturated carbocycles. The van der Waals surface area contributed by atoms with Gasteiger partial charge in [0.25, 0.3) is 0 Å². The summed E-state index contributed by atoms with van der Waals surface area (Å²) in [4.78, 5) is 0. The van der Waals surface area contributed by atoms with E-state index in [9.17, 15) is 0 Å². The fourth-order valence-electron chi connectivity index (χ4n) is 1.26. The van der Waals surface area contributed by atoms with E-state index in [-0.39, 0.29) is 6.04 Å². The lowest BCUT2D eigenvalue weighted by atomic mass is 9.94. The Kier molecular flexibility index (Phi) is 3.30. The fraction of sp³-hybridized carbons (Fsp3) is 0.455. The van der Waals surface area contributed by atoms with Gasteiger partial charge in [-0.2, -0.15) is 0 Å². The molecule has 0 aliphatic heterocycles. The van der Waals surface area contributed by atoms with Crippen LogP contribution in [0, 0.1) is 5.92 Å². The van der Waals surface area contributed by atoms with Crippen LogP contribution in [0.25, 0.3) is 0 Å². The number of nitrogens with two attached hydrogens (primary N) is 1. The molecule has 66 valence electrons. The lowest BCUT2D eigenvalue weighted by Gasteiger charge is -2.18. The fourth-order valence-corrected chi connectivity index (χ4v) is 1.26. The standard InChI is InChI=1S/C11H17N/c1-3-9(2)11(12)10-7-5-4-6-8-10/h4-9,11H,3,12H2,1-2H3/t9-,11+/m1/s1. The number of hydrogen-bond acceptors (Lipinski definition) is 1. The molecule has 0 spiro atoms. The van der Waals surface area contributed by atoms with E-state index in [2.05, 4.69) is 26.0 Å². The topological polar surface area (TPSA) is 26.0 Å². The van der Waals surface area contributed by atoms with E-state index in [4.69, 9.17) is 5.73 Å². The van der Waals surface area contributed by atoms with E-state index in [1.807, 2.05) is 18.2 Å². The minimum Gasteiger partial charge on any atom is -0.324 e. The van der Waals surface area contributed by atoms with Crippen molar-refractivity contribution in [1.29, 1.82) is 0 Å². The van der Waals surface area contributed by atoms with Gasteiger partial charge in [0.05, 0.1) is 0 Å². The van der Waals surface area contributed by atoms with Crippen LogP contribution in [-0.2, 0) is 0 Å². The summed E-state index contributed by atoms with van der Waals surface area (Å²) in [6, 6.07) is 10.5. The van der Waals surface area contributed by atoms with Crippen molar-refractivity contribution >= 4 is 0 Å². The third-order valence-corrected chi connectivity index (χ3v) is 2.44. The van der Waals surface area contributed by atoms with Gasteiger partial charge in [-0.1, -0.05) is 50.6 Å². The van der Waals surface area contributed by atoms with Crippen LogP contribution in [0.15, 0.2) is 30.3 Å². The highest BCUT2D eigenvalue weighted by Gasteiger charge is 2.11. The van der Waals surface area contributed by atoms with Crippen LogP contribution in [0.3, 0.4) is 0 Å². The molecule has 0 unspecified atom stereocenters. The monoisotopic (exact) mass is 163 g/mol. The molecule has 1 aromatic rings. The first-order chi connectivity index (χ1) is 5.75. The minimum absolute atomic E-state index is 0.191. The van der Waals surface area contributed by atoms with Crippen molar-refractivity contribution in [3.8, 4) is 0 Å². The summed E-state index contributed by atoms with van der Waals surface area (Å²) in [5.74, 6) is 0.562. The third kappa shape index (κ3) is 2.08. The van der Waals surface area contributed by atoms with Gasteiger partial charge in [0, 0.05) is 6.04 Å². The Morgan fingerprint density at radius 3 is 2.33 bits per heavy atom. The van der Waals surface area contributed by atoms with Crippen molar-refractivity contribution in [2.45, 2.75) is 26.3 Å². The molecule has 0 aliphatic rings. The van der Waals surface area contributed by atoms with Gasteiger partial charge < -0.3 is 5.73 Å².